The lowest BCUT2D eigenvalue weighted by molar-refractivity contribution is 0.334. The highest BCUT2D eigenvalue weighted by atomic mass is 32.2. The third-order valence-corrected chi connectivity index (χ3v) is 5.91. The Hall–Kier alpha value is -1.67. The Bertz CT molecular complexity index is 801. The number of nitrogens with one attached hydrogen (secondary N) is 1. The molecule has 1 aliphatic carbocycles. The van der Waals surface area contributed by atoms with Crippen LogP contribution in [0, 0.1) is 13.8 Å². The van der Waals surface area contributed by atoms with Crippen molar-refractivity contribution in [3.63, 3.8) is 0 Å². The Morgan fingerprint density at radius 3 is 2.52 bits per heavy atom. The first-order chi connectivity index (χ1) is 10.9. The largest absolute Gasteiger partial charge is 0.465 e. The molecular formula is C15H21N3O4S. The summed E-state index contributed by atoms with van der Waals surface area (Å²) >= 11 is 0. The molecule has 0 atom stereocenters. The smallest absolute Gasteiger partial charge is 0.244 e. The van der Waals surface area contributed by atoms with Crippen LogP contribution in [0.5, 0.6) is 0 Å². The van der Waals surface area contributed by atoms with Gasteiger partial charge < -0.3 is 8.94 Å². The maximum absolute atomic E-state index is 12.8. The van der Waals surface area contributed by atoms with Crippen LogP contribution in [0.4, 0.5) is 0 Å². The van der Waals surface area contributed by atoms with Crippen molar-refractivity contribution in [1.29, 1.82) is 0 Å². The topological polar surface area (TPSA) is 98.2 Å². The van der Waals surface area contributed by atoms with Gasteiger partial charge in [0.05, 0.1) is 5.54 Å². The van der Waals surface area contributed by atoms with Gasteiger partial charge in [0.15, 0.2) is 5.82 Å². The number of aromatic nitrogens is 2. The van der Waals surface area contributed by atoms with E-state index in [0.717, 1.165) is 12.8 Å². The van der Waals surface area contributed by atoms with Gasteiger partial charge in [-0.15, -0.1) is 0 Å². The number of aryl methyl sites for hydroxylation is 3. The summed E-state index contributed by atoms with van der Waals surface area (Å²) in [5.74, 6) is 1.88. The summed E-state index contributed by atoms with van der Waals surface area (Å²) in [6.45, 7) is 5.29. The fourth-order valence-electron chi connectivity index (χ4n) is 3.13. The van der Waals surface area contributed by atoms with Crippen molar-refractivity contribution >= 4 is 10.0 Å². The van der Waals surface area contributed by atoms with Crippen molar-refractivity contribution in [3.05, 3.63) is 29.3 Å². The van der Waals surface area contributed by atoms with Gasteiger partial charge in [0, 0.05) is 6.42 Å². The molecule has 23 heavy (non-hydrogen) atoms. The summed E-state index contributed by atoms with van der Waals surface area (Å²) in [5, 5.41) is 4.01. The van der Waals surface area contributed by atoms with Crippen LogP contribution in [0.15, 0.2) is 19.9 Å². The Labute approximate surface area is 135 Å². The predicted octanol–water partition coefficient (Wildman–Crippen LogP) is 2.59. The maximum atomic E-state index is 12.8. The fraction of sp³-hybridized carbons (Fsp3) is 0.600. The Kier molecular flexibility index (Phi) is 4.05. The molecule has 7 nitrogen and oxygen atoms in total. The van der Waals surface area contributed by atoms with Crippen molar-refractivity contribution in [2.24, 2.45) is 0 Å². The zero-order valence-corrected chi connectivity index (χ0v) is 14.4. The molecule has 1 fully saturated rings. The van der Waals surface area contributed by atoms with Crippen LogP contribution in [0.3, 0.4) is 0 Å². The van der Waals surface area contributed by atoms with Crippen LogP contribution in [0.1, 0.15) is 55.8 Å². The second-order valence-corrected chi connectivity index (χ2v) is 7.69. The van der Waals surface area contributed by atoms with Gasteiger partial charge in [-0.3, -0.25) is 0 Å². The quantitative estimate of drug-likeness (QED) is 0.899. The number of rotatable bonds is 5. The minimum Gasteiger partial charge on any atom is -0.465 e. The minimum absolute atomic E-state index is 0.167. The zero-order chi connectivity index (χ0) is 16.7. The van der Waals surface area contributed by atoms with Crippen LogP contribution in [-0.2, 0) is 22.0 Å². The minimum atomic E-state index is -3.72. The van der Waals surface area contributed by atoms with E-state index in [2.05, 4.69) is 14.9 Å². The number of furan rings is 1. The molecular weight excluding hydrogens is 318 g/mol. The molecule has 0 amide bonds. The second-order valence-electron chi connectivity index (χ2n) is 6.04. The van der Waals surface area contributed by atoms with Gasteiger partial charge in [0.1, 0.15) is 16.4 Å². The molecule has 1 N–H and O–H groups in total. The van der Waals surface area contributed by atoms with E-state index in [4.69, 9.17) is 8.94 Å². The number of nitrogens with zero attached hydrogens (tertiary/aromatic N) is 2. The van der Waals surface area contributed by atoms with Gasteiger partial charge >= 0.3 is 0 Å². The molecule has 2 heterocycles. The molecule has 1 saturated carbocycles. The van der Waals surface area contributed by atoms with Gasteiger partial charge in [-0.25, -0.2) is 8.42 Å². The Morgan fingerprint density at radius 2 is 2.00 bits per heavy atom. The first-order valence-corrected chi connectivity index (χ1v) is 9.29. The summed E-state index contributed by atoms with van der Waals surface area (Å²) in [7, 11) is -3.72. The molecule has 126 valence electrons. The van der Waals surface area contributed by atoms with Crippen LogP contribution in [0.25, 0.3) is 0 Å². The third kappa shape index (κ3) is 2.92. The first-order valence-electron chi connectivity index (χ1n) is 7.80. The lowest BCUT2D eigenvalue weighted by Gasteiger charge is -2.26. The molecule has 2 aromatic heterocycles. The number of sulfonamides is 1. The van der Waals surface area contributed by atoms with E-state index in [1.165, 1.54) is 6.07 Å². The predicted molar refractivity (Wildman–Crippen MR) is 82.3 cm³/mol. The van der Waals surface area contributed by atoms with E-state index in [1.54, 1.807) is 13.8 Å². The first kappa shape index (κ1) is 16.2. The highest BCUT2D eigenvalue weighted by Crippen LogP contribution is 2.39. The van der Waals surface area contributed by atoms with E-state index in [0.29, 0.717) is 42.5 Å². The molecule has 0 aliphatic heterocycles. The number of hydrogen-bond acceptors (Lipinski definition) is 6. The normalized spacial score (nSPS) is 17.7. The fourth-order valence-corrected chi connectivity index (χ4v) is 4.79. The van der Waals surface area contributed by atoms with Crippen molar-refractivity contribution < 1.29 is 17.4 Å². The third-order valence-electron chi connectivity index (χ3n) is 4.27. The average Bonchev–Trinajstić information content (AvgIpc) is 3.18. The zero-order valence-electron chi connectivity index (χ0n) is 13.5. The molecule has 0 saturated heterocycles. The van der Waals surface area contributed by atoms with Crippen molar-refractivity contribution in [1.82, 2.24) is 14.9 Å². The summed E-state index contributed by atoms with van der Waals surface area (Å²) in [6, 6.07) is 1.54. The molecule has 0 unspecified atom stereocenters. The Balaban J connectivity index is 1.98. The average molecular weight is 339 g/mol. The van der Waals surface area contributed by atoms with Gasteiger partial charge in [-0.2, -0.15) is 9.71 Å². The van der Waals surface area contributed by atoms with E-state index in [9.17, 15) is 8.42 Å². The lowest BCUT2D eigenvalue weighted by Crippen LogP contribution is -2.44. The van der Waals surface area contributed by atoms with Gasteiger partial charge in [-0.1, -0.05) is 24.9 Å². The van der Waals surface area contributed by atoms with Crippen LogP contribution in [0.2, 0.25) is 0 Å². The van der Waals surface area contributed by atoms with Gasteiger partial charge in [0.25, 0.3) is 0 Å². The lowest BCUT2D eigenvalue weighted by atomic mass is 9.98. The number of hydrogen-bond donors (Lipinski definition) is 1. The second kappa shape index (κ2) is 5.76. The van der Waals surface area contributed by atoms with E-state index in [1.807, 2.05) is 6.92 Å². The SMILES string of the molecule is CCc1nc(C2(NS(=O)(=O)c3cc(C)oc3C)CCCC2)no1. The van der Waals surface area contributed by atoms with Gasteiger partial charge in [-0.05, 0) is 32.8 Å². The van der Waals surface area contributed by atoms with E-state index in [-0.39, 0.29) is 4.90 Å². The maximum Gasteiger partial charge on any atom is 0.244 e. The van der Waals surface area contributed by atoms with Crippen molar-refractivity contribution in [2.75, 3.05) is 0 Å². The molecule has 0 aromatic carbocycles. The summed E-state index contributed by atoms with van der Waals surface area (Å²) in [5.41, 5.74) is -0.798. The summed E-state index contributed by atoms with van der Waals surface area (Å²) < 4.78 is 39.0. The van der Waals surface area contributed by atoms with Crippen molar-refractivity contribution in [2.45, 2.75) is 63.3 Å². The van der Waals surface area contributed by atoms with Crippen LogP contribution < -0.4 is 4.72 Å². The van der Waals surface area contributed by atoms with Crippen LogP contribution in [-0.4, -0.2) is 18.6 Å². The van der Waals surface area contributed by atoms with Crippen LogP contribution >= 0.6 is 0 Å². The highest BCUT2D eigenvalue weighted by molar-refractivity contribution is 7.89. The molecule has 2 aromatic rings. The summed E-state index contributed by atoms with van der Waals surface area (Å²) in [6.07, 6.45) is 3.77. The van der Waals surface area contributed by atoms with E-state index < -0.39 is 15.6 Å². The van der Waals surface area contributed by atoms with Gasteiger partial charge in [0.2, 0.25) is 15.9 Å². The Morgan fingerprint density at radius 1 is 1.30 bits per heavy atom. The summed E-state index contributed by atoms with van der Waals surface area (Å²) in [4.78, 5) is 4.53. The standard InChI is InChI=1S/C15H21N3O4S/c1-4-13-16-14(17-22-13)15(7-5-6-8-15)18-23(19,20)12-9-10(2)21-11(12)3/h9,18H,4-8H2,1-3H3. The van der Waals surface area contributed by atoms with Crippen molar-refractivity contribution in [3.8, 4) is 0 Å². The highest BCUT2D eigenvalue weighted by Gasteiger charge is 2.44. The molecule has 3 rings (SSSR count). The molecule has 8 heteroatoms. The monoisotopic (exact) mass is 339 g/mol. The molecule has 0 spiro atoms. The van der Waals surface area contributed by atoms with E-state index >= 15 is 0 Å². The molecule has 1 aliphatic rings. The molecule has 0 radical (unpaired) electrons. The molecule has 0 bridgehead atoms.